The van der Waals surface area contributed by atoms with Gasteiger partial charge in [0.2, 0.25) is 5.91 Å². The number of amides is 1. The third kappa shape index (κ3) is 5.67. The lowest BCUT2D eigenvalue weighted by atomic mass is 10.1. The highest BCUT2D eigenvalue weighted by atomic mass is 16.4. The van der Waals surface area contributed by atoms with Crippen molar-refractivity contribution in [3.05, 3.63) is 35.9 Å². The van der Waals surface area contributed by atoms with Crippen molar-refractivity contribution in [2.75, 3.05) is 0 Å². The summed E-state index contributed by atoms with van der Waals surface area (Å²) in [5.41, 5.74) is 0.437. The number of carbonyl (C=O) groups excluding carboxylic acids is 1. The minimum absolute atomic E-state index is 0.224. The van der Waals surface area contributed by atoms with Crippen molar-refractivity contribution >= 4 is 17.8 Å². The van der Waals surface area contributed by atoms with Gasteiger partial charge in [0.05, 0.1) is 6.40 Å². The number of hydrogen-bond donors (Lipinski definition) is 3. The average molecular weight is 266 g/mol. The summed E-state index contributed by atoms with van der Waals surface area (Å²) in [5.74, 6) is -3.23. The second kappa shape index (κ2) is 7.15. The summed E-state index contributed by atoms with van der Waals surface area (Å²) in [4.78, 5) is 33.2. The van der Waals surface area contributed by atoms with Crippen LogP contribution < -0.4 is 5.32 Å². The fourth-order valence-corrected chi connectivity index (χ4v) is 1.44. The number of benzene rings is 1. The summed E-state index contributed by atoms with van der Waals surface area (Å²) in [5, 5.41) is 19.6. The first-order valence-corrected chi connectivity index (χ1v) is 5.64. The maximum absolute atomic E-state index is 11.8. The van der Waals surface area contributed by atoms with Crippen LogP contribution in [-0.2, 0) is 20.8 Å². The van der Waals surface area contributed by atoms with Gasteiger partial charge in [0.1, 0.15) is 6.04 Å². The van der Waals surface area contributed by atoms with Crippen LogP contribution in [0.1, 0.15) is 19.8 Å². The molecule has 0 aliphatic carbocycles. The van der Waals surface area contributed by atoms with Gasteiger partial charge in [-0.1, -0.05) is 30.3 Å². The lowest BCUT2D eigenvalue weighted by Crippen LogP contribution is -2.41. The number of rotatable bonds is 7. The third-order valence-electron chi connectivity index (χ3n) is 2.36. The van der Waals surface area contributed by atoms with E-state index in [-0.39, 0.29) is 12.8 Å². The lowest BCUT2D eigenvalue weighted by molar-refractivity contribution is -0.143. The summed E-state index contributed by atoms with van der Waals surface area (Å²) in [6, 6.07) is 6.94. The summed E-state index contributed by atoms with van der Waals surface area (Å²) in [6.07, 6.45) is -1.84. The first kappa shape index (κ1) is 13.1. The van der Waals surface area contributed by atoms with Crippen molar-refractivity contribution in [3.8, 4) is 0 Å². The summed E-state index contributed by atoms with van der Waals surface area (Å²) in [6.45, 7) is 0. The van der Waals surface area contributed by atoms with Gasteiger partial charge in [-0.05, 0) is 12.0 Å². The highest BCUT2D eigenvalue weighted by molar-refractivity contribution is 5.85. The van der Waals surface area contributed by atoms with E-state index >= 15 is 0 Å². The number of nitrogens with one attached hydrogen (secondary N) is 1. The number of hydrogen-bond acceptors (Lipinski definition) is 3. The van der Waals surface area contributed by atoms with Gasteiger partial charge in [0.15, 0.2) is 0 Å². The highest BCUT2D eigenvalue weighted by Crippen LogP contribution is 2.02. The molecule has 19 heavy (non-hydrogen) atoms. The first-order valence-electron chi connectivity index (χ1n) is 6.21. The molecule has 1 aromatic rings. The Morgan fingerprint density at radius 1 is 1.21 bits per heavy atom. The molecule has 0 aliphatic rings. The van der Waals surface area contributed by atoms with E-state index in [1.807, 2.05) is 0 Å². The maximum Gasteiger partial charge on any atom is 0.326 e. The molecular weight excluding hydrogens is 250 g/mol. The van der Waals surface area contributed by atoms with E-state index in [0.29, 0.717) is 5.56 Å². The average Bonchev–Trinajstić information content (AvgIpc) is 2.42. The van der Waals surface area contributed by atoms with E-state index in [0.717, 1.165) is 0 Å². The van der Waals surface area contributed by atoms with Crippen LogP contribution in [0.5, 0.6) is 0 Å². The molecule has 0 heterocycles. The van der Waals surface area contributed by atoms with Crippen LogP contribution in [0.3, 0.4) is 0 Å². The quantitative estimate of drug-likeness (QED) is 0.672. The third-order valence-corrected chi connectivity index (χ3v) is 2.36. The molecule has 1 aromatic carbocycles. The molecule has 3 N–H and O–H groups in total. The summed E-state index contributed by atoms with van der Waals surface area (Å²) >= 11 is 0. The Bertz CT molecular complexity index is 491. The highest BCUT2D eigenvalue weighted by Gasteiger charge is 2.20. The predicted molar refractivity (Wildman–Crippen MR) is 66.6 cm³/mol. The molecule has 0 aliphatic heterocycles. The van der Waals surface area contributed by atoms with E-state index in [1.54, 1.807) is 30.3 Å². The standard InChI is InChI=1S/C13H15NO5/c15-11(8-9-4-2-1-3-5-9)14-10(13(18)19)6-7-12(16)17/h1-5,10H,6-8H2,(H,14,15)(H,16,17)(H,18,19)/t10-/m0/s1/i8D/t8?,10-. The number of aliphatic carboxylic acids is 2. The number of carbonyl (C=O) groups is 3. The molecule has 0 fully saturated rings. The van der Waals surface area contributed by atoms with Crippen LogP contribution >= 0.6 is 0 Å². The van der Waals surface area contributed by atoms with Crippen LogP contribution in [0.4, 0.5) is 0 Å². The molecule has 6 nitrogen and oxygen atoms in total. The second-order valence-electron chi connectivity index (χ2n) is 3.89. The Balaban J connectivity index is 2.66. The van der Waals surface area contributed by atoms with Gasteiger partial charge in [0.25, 0.3) is 0 Å². The van der Waals surface area contributed by atoms with E-state index in [4.69, 9.17) is 11.6 Å². The number of carboxylic acids is 2. The molecule has 0 saturated carbocycles. The first-order chi connectivity index (χ1) is 9.41. The molecule has 0 bridgehead atoms. The number of carboxylic acid groups (broad SMARTS) is 2. The Morgan fingerprint density at radius 2 is 1.84 bits per heavy atom. The van der Waals surface area contributed by atoms with Crippen molar-refractivity contribution in [1.82, 2.24) is 5.32 Å². The molecule has 0 aromatic heterocycles. The van der Waals surface area contributed by atoms with Gasteiger partial charge in [-0.2, -0.15) is 0 Å². The molecule has 1 unspecified atom stereocenters. The van der Waals surface area contributed by atoms with Crippen LogP contribution in [0.2, 0.25) is 0 Å². The van der Waals surface area contributed by atoms with E-state index in [1.165, 1.54) is 0 Å². The maximum atomic E-state index is 11.8. The van der Waals surface area contributed by atoms with E-state index in [9.17, 15) is 14.4 Å². The van der Waals surface area contributed by atoms with Crippen LogP contribution in [-0.4, -0.2) is 34.1 Å². The molecule has 6 heteroatoms. The SMILES string of the molecule is [2H]C(C(=O)N[C@@H](CCC(=O)O)C(=O)O)c1ccccc1. The Labute approximate surface area is 111 Å². The molecule has 0 saturated heterocycles. The van der Waals surface area contributed by atoms with Crippen molar-refractivity contribution in [2.24, 2.45) is 0 Å². The molecule has 2 atom stereocenters. The predicted octanol–water partition coefficient (Wildman–Crippen LogP) is 0.663. The van der Waals surface area contributed by atoms with Gasteiger partial charge in [-0.15, -0.1) is 0 Å². The van der Waals surface area contributed by atoms with Crippen LogP contribution in [0.25, 0.3) is 0 Å². The van der Waals surface area contributed by atoms with Gasteiger partial charge >= 0.3 is 11.9 Å². The Morgan fingerprint density at radius 3 is 2.37 bits per heavy atom. The summed E-state index contributed by atoms with van der Waals surface area (Å²) in [7, 11) is 0. The van der Waals surface area contributed by atoms with Crippen molar-refractivity contribution in [1.29, 1.82) is 0 Å². The zero-order chi connectivity index (χ0) is 15.1. The minimum atomic E-state index is -1.32. The Kier molecular flexibility index (Phi) is 4.92. The smallest absolute Gasteiger partial charge is 0.326 e. The Hall–Kier alpha value is -2.37. The topological polar surface area (TPSA) is 104 Å². The molecule has 1 rings (SSSR count). The van der Waals surface area contributed by atoms with Gasteiger partial charge < -0.3 is 15.5 Å². The summed E-state index contributed by atoms with van der Waals surface area (Å²) < 4.78 is 7.75. The van der Waals surface area contributed by atoms with E-state index in [2.05, 4.69) is 5.32 Å². The van der Waals surface area contributed by atoms with Gasteiger partial charge in [-0.25, -0.2) is 4.79 Å². The normalized spacial score (nSPS) is 14.0. The van der Waals surface area contributed by atoms with Crippen molar-refractivity contribution in [3.63, 3.8) is 0 Å². The molecule has 0 spiro atoms. The molecule has 1 amide bonds. The largest absolute Gasteiger partial charge is 0.481 e. The van der Waals surface area contributed by atoms with Crippen molar-refractivity contribution < 1.29 is 26.0 Å². The van der Waals surface area contributed by atoms with Crippen LogP contribution in [0, 0.1) is 0 Å². The van der Waals surface area contributed by atoms with Crippen molar-refractivity contribution in [2.45, 2.75) is 25.3 Å². The molecule has 102 valence electrons. The molecule has 0 radical (unpaired) electrons. The van der Waals surface area contributed by atoms with Gasteiger partial charge in [0, 0.05) is 7.79 Å². The lowest BCUT2D eigenvalue weighted by Gasteiger charge is -2.13. The molecular formula is C13H15NO5. The zero-order valence-electron chi connectivity index (χ0n) is 11.1. The van der Waals surface area contributed by atoms with E-state index < -0.39 is 30.3 Å². The fraction of sp³-hybridized carbons (Fsp3) is 0.308. The monoisotopic (exact) mass is 266 g/mol. The zero-order valence-corrected chi connectivity index (χ0v) is 10.1. The van der Waals surface area contributed by atoms with Crippen LogP contribution in [0.15, 0.2) is 30.3 Å². The van der Waals surface area contributed by atoms with Gasteiger partial charge in [-0.3, -0.25) is 9.59 Å². The minimum Gasteiger partial charge on any atom is -0.481 e. The fourth-order valence-electron chi connectivity index (χ4n) is 1.44. The second-order valence-corrected chi connectivity index (χ2v) is 3.89.